The predicted molar refractivity (Wildman–Crippen MR) is 89.7 cm³/mol. The van der Waals surface area contributed by atoms with E-state index >= 15 is 0 Å². The zero-order valence-corrected chi connectivity index (χ0v) is 12.4. The van der Waals surface area contributed by atoms with E-state index in [-0.39, 0.29) is 11.4 Å². The third-order valence-corrected chi connectivity index (χ3v) is 3.70. The van der Waals surface area contributed by atoms with Gasteiger partial charge in [0, 0.05) is 29.0 Å². The van der Waals surface area contributed by atoms with Crippen LogP contribution in [0.15, 0.2) is 70.3 Å². The van der Waals surface area contributed by atoms with Crippen LogP contribution in [0.3, 0.4) is 0 Å². The molecule has 0 aliphatic carbocycles. The number of hydrogen-bond donors (Lipinski definition) is 2. The van der Waals surface area contributed by atoms with Crippen LogP contribution in [-0.4, -0.2) is 9.97 Å². The highest BCUT2D eigenvalue weighted by atomic mass is 19.1. The zero-order chi connectivity index (χ0) is 16.5. The van der Waals surface area contributed by atoms with E-state index in [1.165, 1.54) is 12.1 Å². The zero-order valence-electron chi connectivity index (χ0n) is 12.4. The SMILES string of the molecule is O=c1[nH]ccc2c(-c3ccco3)cnc(Nc3ccc(F)cc3)c12. The normalized spacial score (nSPS) is 10.9. The molecule has 0 aliphatic heterocycles. The molecule has 4 aromatic rings. The van der Waals surface area contributed by atoms with E-state index in [9.17, 15) is 9.18 Å². The number of nitrogens with zero attached hydrogens (tertiary/aromatic N) is 1. The maximum absolute atomic E-state index is 13.0. The molecule has 4 rings (SSSR count). The summed E-state index contributed by atoms with van der Waals surface area (Å²) in [5.41, 5.74) is 1.10. The fraction of sp³-hybridized carbons (Fsp3) is 0. The van der Waals surface area contributed by atoms with Crippen molar-refractivity contribution in [3.63, 3.8) is 0 Å². The Morgan fingerprint density at radius 3 is 2.71 bits per heavy atom. The van der Waals surface area contributed by atoms with E-state index in [2.05, 4.69) is 15.3 Å². The van der Waals surface area contributed by atoms with Crippen LogP contribution in [0.1, 0.15) is 0 Å². The van der Waals surface area contributed by atoms with Gasteiger partial charge < -0.3 is 14.7 Å². The first-order chi connectivity index (χ1) is 11.7. The molecule has 3 aromatic heterocycles. The molecule has 5 nitrogen and oxygen atoms in total. The molecule has 1 aromatic carbocycles. The Balaban J connectivity index is 1.90. The van der Waals surface area contributed by atoms with Crippen LogP contribution in [0.25, 0.3) is 22.1 Å². The molecule has 0 saturated carbocycles. The first-order valence-electron chi connectivity index (χ1n) is 7.29. The summed E-state index contributed by atoms with van der Waals surface area (Å²) in [6.45, 7) is 0. The van der Waals surface area contributed by atoms with E-state index in [4.69, 9.17) is 4.42 Å². The summed E-state index contributed by atoms with van der Waals surface area (Å²) in [5.74, 6) is 0.699. The lowest BCUT2D eigenvalue weighted by atomic mass is 10.1. The van der Waals surface area contributed by atoms with Gasteiger partial charge in [-0.15, -0.1) is 0 Å². The molecule has 0 atom stereocenters. The number of H-pyrrole nitrogens is 1. The summed E-state index contributed by atoms with van der Waals surface area (Å²) >= 11 is 0. The van der Waals surface area contributed by atoms with Crippen molar-refractivity contribution in [2.75, 3.05) is 5.32 Å². The number of nitrogens with one attached hydrogen (secondary N) is 2. The molecular weight excluding hydrogens is 309 g/mol. The molecule has 2 N–H and O–H groups in total. The number of pyridine rings is 2. The first kappa shape index (κ1) is 14.2. The summed E-state index contributed by atoms with van der Waals surface area (Å²) in [6, 6.07) is 11.2. The van der Waals surface area contributed by atoms with Gasteiger partial charge in [0.15, 0.2) is 0 Å². The van der Waals surface area contributed by atoms with Crippen molar-refractivity contribution in [3.05, 3.63) is 77.3 Å². The molecule has 118 valence electrons. The van der Waals surface area contributed by atoms with Crippen LogP contribution < -0.4 is 10.9 Å². The molecule has 0 bridgehead atoms. The fourth-order valence-electron chi connectivity index (χ4n) is 2.59. The number of halogens is 1. The average molecular weight is 321 g/mol. The number of hydrogen-bond acceptors (Lipinski definition) is 4. The number of aromatic amines is 1. The Hall–Kier alpha value is -3.41. The van der Waals surface area contributed by atoms with Crippen LogP contribution in [0, 0.1) is 5.82 Å². The summed E-state index contributed by atoms with van der Waals surface area (Å²) in [5, 5.41) is 4.19. The fourth-order valence-corrected chi connectivity index (χ4v) is 2.59. The van der Waals surface area contributed by atoms with Crippen LogP contribution >= 0.6 is 0 Å². The quantitative estimate of drug-likeness (QED) is 0.597. The van der Waals surface area contributed by atoms with E-state index < -0.39 is 0 Å². The molecule has 0 fully saturated rings. The second-order valence-electron chi connectivity index (χ2n) is 5.23. The Morgan fingerprint density at radius 1 is 1.12 bits per heavy atom. The summed E-state index contributed by atoms with van der Waals surface area (Å²) in [7, 11) is 0. The van der Waals surface area contributed by atoms with Gasteiger partial charge in [0.1, 0.15) is 17.4 Å². The van der Waals surface area contributed by atoms with Crippen LogP contribution in [-0.2, 0) is 0 Å². The van der Waals surface area contributed by atoms with Gasteiger partial charge in [-0.25, -0.2) is 9.37 Å². The summed E-state index contributed by atoms with van der Waals surface area (Å²) in [4.78, 5) is 19.4. The number of aromatic nitrogens is 2. The highest BCUT2D eigenvalue weighted by Crippen LogP contribution is 2.30. The van der Waals surface area contributed by atoms with E-state index in [0.29, 0.717) is 28.0 Å². The number of fused-ring (bicyclic) bond motifs is 1. The van der Waals surface area contributed by atoms with Gasteiger partial charge in [-0.3, -0.25) is 4.79 Å². The van der Waals surface area contributed by atoms with E-state index in [0.717, 1.165) is 5.56 Å². The minimum Gasteiger partial charge on any atom is -0.464 e. The van der Waals surface area contributed by atoms with Gasteiger partial charge in [-0.1, -0.05) is 0 Å². The molecule has 6 heteroatoms. The average Bonchev–Trinajstić information content (AvgIpc) is 3.11. The highest BCUT2D eigenvalue weighted by molar-refractivity contribution is 6.01. The van der Waals surface area contributed by atoms with Crippen molar-refractivity contribution in [2.24, 2.45) is 0 Å². The second kappa shape index (κ2) is 5.66. The number of rotatable bonds is 3. The minimum absolute atomic E-state index is 0.266. The highest BCUT2D eigenvalue weighted by Gasteiger charge is 2.14. The minimum atomic E-state index is -0.329. The van der Waals surface area contributed by atoms with Gasteiger partial charge in [0.2, 0.25) is 0 Å². The third kappa shape index (κ3) is 2.44. The molecule has 0 spiro atoms. The Morgan fingerprint density at radius 2 is 1.96 bits per heavy atom. The van der Waals surface area contributed by atoms with Crippen molar-refractivity contribution in [1.82, 2.24) is 9.97 Å². The predicted octanol–water partition coefficient (Wildman–Crippen LogP) is 4.07. The molecule has 0 saturated heterocycles. The van der Waals surface area contributed by atoms with Crippen molar-refractivity contribution >= 4 is 22.3 Å². The van der Waals surface area contributed by atoms with Crippen LogP contribution in [0.5, 0.6) is 0 Å². The number of anilines is 2. The van der Waals surface area contributed by atoms with Crippen molar-refractivity contribution in [2.45, 2.75) is 0 Å². The monoisotopic (exact) mass is 321 g/mol. The topological polar surface area (TPSA) is 70.9 Å². The second-order valence-corrected chi connectivity index (χ2v) is 5.23. The largest absolute Gasteiger partial charge is 0.464 e. The molecule has 0 unspecified atom stereocenters. The van der Waals surface area contributed by atoms with E-state index in [1.54, 1.807) is 42.9 Å². The number of benzene rings is 1. The maximum atomic E-state index is 13.0. The molecule has 0 aliphatic rings. The molecular formula is C18H12FN3O2. The van der Waals surface area contributed by atoms with Gasteiger partial charge in [0.25, 0.3) is 5.56 Å². The Kier molecular flexibility index (Phi) is 3.35. The Labute approximate surface area is 135 Å². The lowest BCUT2D eigenvalue weighted by Gasteiger charge is -2.10. The van der Waals surface area contributed by atoms with E-state index in [1.807, 2.05) is 6.07 Å². The molecule has 0 amide bonds. The van der Waals surface area contributed by atoms with Gasteiger partial charge >= 0.3 is 0 Å². The van der Waals surface area contributed by atoms with Gasteiger partial charge in [-0.2, -0.15) is 0 Å². The lowest BCUT2D eigenvalue weighted by molar-refractivity contribution is 0.582. The van der Waals surface area contributed by atoms with Gasteiger partial charge in [0.05, 0.1) is 11.6 Å². The Bertz CT molecular complexity index is 1050. The van der Waals surface area contributed by atoms with Crippen LogP contribution in [0.4, 0.5) is 15.9 Å². The molecule has 24 heavy (non-hydrogen) atoms. The maximum Gasteiger partial charge on any atom is 0.259 e. The lowest BCUT2D eigenvalue weighted by Crippen LogP contribution is -2.09. The third-order valence-electron chi connectivity index (χ3n) is 3.70. The standard InChI is InChI=1S/C18H12FN3O2/c19-11-3-5-12(6-4-11)22-17-16-13(7-8-20-18(16)23)14(10-21-17)15-2-1-9-24-15/h1-10H,(H,20,23)(H,21,22). The first-order valence-corrected chi connectivity index (χ1v) is 7.29. The van der Waals surface area contributed by atoms with Gasteiger partial charge in [-0.05, 0) is 42.5 Å². The molecule has 0 radical (unpaired) electrons. The number of furan rings is 1. The van der Waals surface area contributed by atoms with Crippen molar-refractivity contribution in [3.8, 4) is 11.3 Å². The smallest absolute Gasteiger partial charge is 0.259 e. The van der Waals surface area contributed by atoms with Crippen molar-refractivity contribution < 1.29 is 8.81 Å². The molecule has 3 heterocycles. The van der Waals surface area contributed by atoms with Crippen LogP contribution in [0.2, 0.25) is 0 Å². The summed E-state index contributed by atoms with van der Waals surface area (Å²) < 4.78 is 18.5. The summed E-state index contributed by atoms with van der Waals surface area (Å²) in [6.07, 6.45) is 4.80. The van der Waals surface area contributed by atoms with Crippen molar-refractivity contribution in [1.29, 1.82) is 0 Å².